The third-order valence-electron chi connectivity index (χ3n) is 10.4. The number of hydrogen-bond acceptors (Lipinski definition) is 5. The van der Waals surface area contributed by atoms with Crippen molar-refractivity contribution in [3.8, 4) is 57.2 Å². The van der Waals surface area contributed by atoms with Crippen molar-refractivity contribution in [1.29, 1.82) is 0 Å². The lowest BCUT2D eigenvalue weighted by Gasteiger charge is -2.32. The first-order valence-corrected chi connectivity index (χ1v) is 20.1. The van der Waals surface area contributed by atoms with E-state index >= 15 is 4.39 Å². The van der Waals surface area contributed by atoms with Crippen molar-refractivity contribution in [3.05, 3.63) is 130 Å². The van der Waals surface area contributed by atoms with Crippen molar-refractivity contribution < 1.29 is 28.3 Å². The van der Waals surface area contributed by atoms with Crippen LogP contribution in [0.1, 0.15) is 64.5 Å². The summed E-state index contributed by atoms with van der Waals surface area (Å²) in [6, 6.07) is 31.6. The summed E-state index contributed by atoms with van der Waals surface area (Å²) >= 11 is 3.48. The van der Waals surface area contributed by atoms with Gasteiger partial charge in [0.15, 0.2) is 0 Å². The summed E-state index contributed by atoms with van der Waals surface area (Å²) in [7, 11) is 1.13. The van der Waals surface area contributed by atoms with Gasteiger partial charge in [0.2, 0.25) is 0 Å². The molecule has 58 heavy (non-hydrogen) atoms. The lowest BCUT2D eigenvalue weighted by molar-refractivity contribution is 0.00578. The summed E-state index contributed by atoms with van der Waals surface area (Å²) in [5.41, 5.74) is 6.36. The van der Waals surface area contributed by atoms with Gasteiger partial charge in [-0.25, -0.2) is 8.78 Å². The quantitative estimate of drug-likeness (QED) is 0.0907. The lowest BCUT2D eigenvalue weighted by Crippen LogP contribution is -2.41. The fraction of sp³-hybridized carbons (Fsp3) is 0.271. The predicted octanol–water partition coefficient (Wildman–Crippen LogP) is 9.85. The van der Waals surface area contributed by atoms with E-state index in [4.69, 9.17) is 19.5 Å². The number of aliphatic hydroxyl groups is 2. The van der Waals surface area contributed by atoms with Crippen LogP contribution in [0.25, 0.3) is 44.4 Å². The minimum Gasteiger partial charge on any atom is -0.399 e. The smallest absolute Gasteiger partial charge is 0.399 e. The number of unbranched alkanes of at least 4 members (excludes halogenated alkanes) is 2. The van der Waals surface area contributed by atoms with Gasteiger partial charge in [0.1, 0.15) is 17.3 Å². The molecule has 0 aliphatic carbocycles. The topological polar surface area (TPSA) is 76.7 Å². The highest BCUT2D eigenvalue weighted by molar-refractivity contribution is 9.10. The number of rotatable bonds is 8. The van der Waals surface area contributed by atoms with Crippen LogP contribution < -0.4 is 5.46 Å². The van der Waals surface area contributed by atoms with E-state index in [2.05, 4.69) is 44.7 Å². The zero-order valence-electron chi connectivity index (χ0n) is 33.4. The summed E-state index contributed by atoms with van der Waals surface area (Å²) < 4.78 is 44.8. The van der Waals surface area contributed by atoms with E-state index in [0.29, 0.717) is 42.4 Å². The standard InChI is InChI=1S/C25H20BrFN2O.C23H26BFO3/c1-29-24-16-19(26)11-13-22(24)25(28-29)21-12-10-18(15-23(21)27)20-9-5-4-8-17(20)7-3-2-6-14-30;1-22(2)23(3,4)28-24(27-22)20-14-13-18(16-21(20)25)19-12-8-7-11-17(19)10-6-5-9-15-26/h4-5,8-13,15-16,30H,2,6,14H2,1H3;7-8,11-14,16,26H,5,9,15H2,1-4H3. The Morgan fingerprint density at radius 3 is 1.76 bits per heavy atom. The Bertz CT molecular complexity index is 2530. The van der Waals surface area contributed by atoms with E-state index in [-0.39, 0.29) is 24.8 Å². The molecule has 1 aliphatic heterocycles. The van der Waals surface area contributed by atoms with Crippen molar-refractivity contribution in [1.82, 2.24) is 9.78 Å². The molecular formula is C48H46BBrF2N2O4. The molecule has 1 saturated heterocycles. The van der Waals surface area contributed by atoms with E-state index in [9.17, 15) is 4.39 Å². The van der Waals surface area contributed by atoms with Crippen LogP contribution in [0.5, 0.6) is 0 Å². The van der Waals surface area contributed by atoms with Crippen molar-refractivity contribution >= 4 is 39.4 Å². The van der Waals surface area contributed by atoms with Crippen LogP contribution in [0.2, 0.25) is 0 Å². The Morgan fingerprint density at radius 1 is 0.690 bits per heavy atom. The normalized spacial score (nSPS) is 13.9. The van der Waals surface area contributed by atoms with Crippen molar-refractivity contribution in [2.24, 2.45) is 7.05 Å². The first-order chi connectivity index (χ1) is 27.8. The highest BCUT2D eigenvalue weighted by Crippen LogP contribution is 2.37. The van der Waals surface area contributed by atoms with Crippen LogP contribution >= 0.6 is 15.9 Å². The fourth-order valence-electron chi connectivity index (χ4n) is 6.50. The maximum atomic E-state index is 15.2. The molecule has 0 bridgehead atoms. The largest absolute Gasteiger partial charge is 0.497 e. The molecule has 6 aromatic rings. The number of fused-ring (bicyclic) bond motifs is 1. The van der Waals surface area contributed by atoms with Gasteiger partial charge in [-0.15, -0.1) is 0 Å². The maximum absolute atomic E-state index is 15.2. The Hall–Kier alpha value is -5.07. The van der Waals surface area contributed by atoms with Crippen LogP contribution in [0.4, 0.5) is 8.78 Å². The monoisotopic (exact) mass is 842 g/mol. The van der Waals surface area contributed by atoms with Gasteiger partial charge in [-0.3, -0.25) is 4.68 Å². The highest BCUT2D eigenvalue weighted by atomic mass is 79.9. The van der Waals surface area contributed by atoms with Crippen molar-refractivity contribution in [2.45, 2.75) is 64.6 Å². The third-order valence-corrected chi connectivity index (χ3v) is 10.9. The molecule has 10 heteroatoms. The van der Waals surface area contributed by atoms with Crippen LogP contribution in [0.3, 0.4) is 0 Å². The summed E-state index contributed by atoms with van der Waals surface area (Å²) in [6.07, 6.45) is 2.54. The van der Waals surface area contributed by atoms with Gasteiger partial charge in [-0.1, -0.05) is 94.2 Å². The van der Waals surface area contributed by atoms with Gasteiger partial charge in [-0.2, -0.15) is 5.10 Å². The fourth-order valence-corrected chi connectivity index (χ4v) is 6.85. The molecule has 1 aliphatic rings. The lowest BCUT2D eigenvalue weighted by atomic mass is 9.78. The number of hydrogen-bond donors (Lipinski definition) is 2. The van der Waals surface area contributed by atoms with Gasteiger partial charge in [0.05, 0.1) is 16.7 Å². The molecule has 1 aromatic heterocycles. The average molecular weight is 844 g/mol. The first-order valence-electron chi connectivity index (χ1n) is 19.3. The van der Waals surface area contributed by atoms with Crippen molar-refractivity contribution in [3.63, 3.8) is 0 Å². The number of benzene rings is 5. The zero-order chi connectivity index (χ0) is 41.5. The number of aliphatic hydroxyl groups excluding tert-OH is 2. The zero-order valence-corrected chi connectivity index (χ0v) is 35.0. The van der Waals surface area contributed by atoms with E-state index in [0.717, 1.165) is 48.8 Å². The summed E-state index contributed by atoms with van der Waals surface area (Å²) in [4.78, 5) is 0. The molecule has 0 atom stereocenters. The van der Waals surface area contributed by atoms with Crippen LogP contribution in [-0.2, 0) is 16.4 Å². The molecule has 6 nitrogen and oxygen atoms in total. The Balaban J connectivity index is 0.000000196. The second-order valence-electron chi connectivity index (χ2n) is 15.0. The van der Waals surface area contributed by atoms with Crippen LogP contribution in [-0.4, -0.2) is 51.5 Å². The molecule has 0 radical (unpaired) electrons. The number of aryl methyl sites for hydroxylation is 1. The van der Waals surface area contributed by atoms with Gasteiger partial charge < -0.3 is 19.5 Å². The molecule has 2 N–H and O–H groups in total. The van der Waals surface area contributed by atoms with Crippen LogP contribution in [0, 0.1) is 35.3 Å². The second kappa shape index (κ2) is 18.7. The van der Waals surface area contributed by atoms with Gasteiger partial charge in [-0.05, 0) is 111 Å². The number of aromatic nitrogens is 2. The molecule has 5 aromatic carbocycles. The molecule has 0 saturated carbocycles. The van der Waals surface area contributed by atoms with Gasteiger partial charge in [0, 0.05) is 65.1 Å². The third kappa shape index (κ3) is 9.61. The summed E-state index contributed by atoms with van der Waals surface area (Å²) in [5.74, 6) is 11.7. The Labute approximate surface area is 348 Å². The molecule has 7 rings (SSSR count). The number of nitrogens with zero attached hydrogens (tertiary/aromatic N) is 2. The molecular weight excluding hydrogens is 797 g/mol. The SMILES string of the molecule is CC1(C)OB(c2ccc(-c3ccccc3C#CCCCO)cc2F)OC1(C)C.Cn1nc(-c2ccc(-c3ccccc3C#CCCCO)cc2F)c2ccc(Br)cc21. The Kier molecular flexibility index (Phi) is 13.7. The molecule has 2 heterocycles. The van der Waals surface area contributed by atoms with Gasteiger partial charge >= 0.3 is 7.12 Å². The van der Waals surface area contributed by atoms with E-state index < -0.39 is 18.3 Å². The second-order valence-corrected chi connectivity index (χ2v) is 15.9. The van der Waals surface area contributed by atoms with E-state index in [1.807, 2.05) is 114 Å². The predicted molar refractivity (Wildman–Crippen MR) is 233 cm³/mol. The van der Waals surface area contributed by atoms with E-state index in [1.54, 1.807) is 22.9 Å². The minimum atomic E-state index is -0.729. The average Bonchev–Trinajstić information content (AvgIpc) is 3.64. The maximum Gasteiger partial charge on any atom is 0.497 e. The van der Waals surface area contributed by atoms with Crippen LogP contribution in [0.15, 0.2) is 108 Å². The summed E-state index contributed by atoms with van der Waals surface area (Å²) in [5, 5.41) is 23.2. The molecule has 296 valence electrons. The molecule has 1 fully saturated rings. The van der Waals surface area contributed by atoms with Crippen molar-refractivity contribution in [2.75, 3.05) is 13.2 Å². The number of halogens is 3. The molecule has 0 unspecified atom stereocenters. The van der Waals surface area contributed by atoms with E-state index in [1.165, 1.54) is 6.07 Å². The molecule has 0 amide bonds. The highest BCUT2D eigenvalue weighted by Gasteiger charge is 2.52. The summed E-state index contributed by atoms with van der Waals surface area (Å²) in [6.45, 7) is 8.05. The van der Waals surface area contributed by atoms with Gasteiger partial charge in [0.25, 0.3) is 0 Å². The first kappa shape index (κ1) is 42.5. The Morgan fingerprint density at radius 2 is 1.22 bits per heavy atom. The molecule has 0 spiro atoms. The minimum absolute atomic E-state index is 0.127.